The molecule has 0 radical (unpaired) electrons. The van der Waals surface area contributed by atoms with Crippen LogP contribution >= 0.6 is 0 Å². The molecule has 0 aromatic carbocycles. The van der Waals surface area contributed by atoms with E-state index in [1.54, 1.807) is 0 Å². The molecule has 0 aliphatic rings. The highest BCUT2D eigenvalue weighted by molar-refractivity contribution is 5.58. The van der Waals surface area contributed by atoms with Crippen LogP contribution in [0.2, 0.25) is 0 Å². The molecule has 3 heteroatoms. The highest BCUT2D eigenvalue weighted by Gasteiger charge is 2.21. The van der Waals surface area contributed by atoms with Crippen molar-refractivity contribution in [1.82, 2.24) is 0 Å². The van der Waals surface area contributed by atoms with E-state index in [1.807, 2.05) is 27.0 Å². The second-order valence-electron chi connectivity index (χ2n) is 6.58. The summed E-state index contributed by atoms with van der Waals surface area (Å²) in [6.45, 7) is 14.9. The van der Waals surface area contributed by atoms with Gasteiger partial charge in [-0.1, -0.05) is 27.7 Å². The zero-order valence-electron chi connectivity index (χ0n) is 12.4. The minimum atomic E-state index is -0.812. The molecule has 17 heavy (non-hydrogen) atoms. The van der Waals surface area contributed by atoms with Crippen LogP contribution in [-0.4, -0.2) is 29.8 Å². The van der Waals surface area contributed by atoms with Crippen molar-refractivity contribution in [3.8, 4) is 0 Å². The Morgan fingerprint density at radius 3 is 2.12 bits per heavy atom. The van der Waals surface area contributed by atoms with E-state index in [0.29, 0.717) is 12.5 Å². The molecule has 3 nitrogen and oxygen atoms in total. The molecule has 1 atom stereocenters. The molecule has 0 fully saturated rings. The van der Waals surface area contributed by atoms with E-state index in [-0.39, 0.29) is 11.0 Å². The van der Waals surface area contributed by atoms with Crippen LogP contribution in [-0.2, 0) is 4.74 Å². The molecular formula is C14H29NO2. The third-order valence-electron chi connectivity index (χ3n) is 3.06. The van der Waals surface area contributed by atoms with Gasteiger partial charge in [-0.2, -0.15) is 0 Å². The Morgan fingerprint density at radius 2 is 1.71 bits per heavy atom. The van der Waals surface area contributed by atoms with Gasteiger partial charge in [0.05, 0.1) is 12.1 Å². The minimum Gasteiger partial charge on any atom is -0.366 e. The summed E-state index contributed by atoms with van der Waals surface area (Å²) in [6.07, 6.45) is 2.01. The summed E-state index contributed by atoms with van der Waals surface area (Å²) in [5.74, 6) is 0.615. The maximum Gasteiger partial charge on any atom is 0.174 e. The van der Waals surface area contributed by atoms with E-state index < -0.39 is 6.29 Å². The van der Waals surface area contributed by atoms with Gasteiger partial charge in [0.15, 0.2) is 6.29 Å². The first-order valence-corrected chi connectivity index (χ1v) is 6.39. The van der Waals surface area contributed by atoms with Gasteiger partial charge in [-0.25, -0.2) is 0 Å². The smallest absolute Gasteiger partial charge is 0.174 e. The Labute approximate surface area is 106 Å². The minimum absolute atomic E-state index is 0.249. The Hall–Kier alpha value is -0.410. The molecule has 0 bridgehead atoms. The Kier molecular flexibility index (Phi) is 6.35. The van der Waals surface area contributed by atoms with Gasteiger partial charge in [-0.05, 0) is 44.7 Å². The standard InChI is InChI=1S/C14H29NO2/c1-11(2)14(6,7)8-9-15-10-12(16)17-13(3,4)5/h9,11-12,16H,8,10H2,1-7H3. The third kappa shape index (κ3) is 8.33. The molecule has 1 unspecified atom stereocenters. The number of nitrogens with zero attached hydrogens (tertiary/aromatic N) is 1. The van der Waals surface area contributed by atoms with Gasteiger partial charge < -0.3 is 9.84 Å². The van der Waals surface area contributed by atoms with Crippen molar-refractivity contribution in [2.24, 2.45) is 16.3 Å². The Morgan fingerprint density at radius 1 is 1.18 bits per heavy atom. The van der Waals surface area contributed by atoms with Crippen molar-refractivity contribution < 1.29 is 9.84 Å². The first-order valence-electron chi connectivity index (χ1n) is 6.39. The molecule has 0 heterocycles. The number of aliphatic imine (C=N–C) groups is 1. The molecule has 1 N–H and O–H groups in total. The molecule has 0 saturated heterocycles. The van der Waals surface area contributed by atoms with Crippen molar-refractivity contribution in [3.63, 3.8) is 0 Å². The molecule has 0 aliphatic heterocycles. The van der Waals surface area contributed by atoms with E-state index in [4.69, 9.17) is 4.74 Å². The number of hydrogen-bond donors (Lipinski definition) is 1. The van der Waals surface area contributed by atoms with E-state index in [1.165, 1.54) is 0 Å². The van der Waals surface area contributed by atoms with Crippen LogP contribution in [0.4, 0.5) is 0 Å². The van der Waals surface area contributed by atoms with Gasteiger partial charge in [0.25, 0.3) is 0 Å². The van der Waals surface area contributed by atoms with Gasteiger partial charge in [-0.15, -0.1) is 0 Å². The van der Waals surface area contributed by atoms with Gasteiger partial charge in [0.2, 0.25) is 0 Å². The number of hydrogen-bond acceptors (Lipinski definition) is 3. The Bertz CT molecular complexity index is 239. The average molecular weight is 243 g/mol. The van der Waals surface area contributed by atoms with Crippen molar-refractivity contribution in [2.75, 3.05) is 6.54 Å². The molecule has 102 valence electrons. The lowest BCUT2D eigenvalue weighted by molar-refractivity contribution is -0.158. The summed E-state index contributed by atoms with van der Waals surface area (Å²) in [4.78, 5) is 4.22. The summed E-state index contributed by atoms with van der Waals surface area (Å²) < 4.78 is 5.36. The largest absolute Gasteiger partial charge is 0.366 e. The van der Waals surface area contributed by atoms with Crippen LogP contribution < -0.4 is 0 Å². The van der Waals surface area contributed by atoms with Gasteiger partial charge in [-0.3, -0.25) is 4.99 Å². The number of rotatable bonds is 6. The van der Waals surface area contributed by atoms with Crippen LogP contribution in [0.5, 0.6) is 0 Å². The molecule has 0 aromatic rings. The van der Waals surface area contributed by atoms with E-state index in [2.05, 4.69) is 32.7 Å². The highest BCUT2D eigenvalue weighted by Crippen LogP contribution is 2.28. The number of aliphatic hydroxyl groups excluding tert-OH is 1. The average Bonchev–Trinajstić information content (AvgIpc) is 2.09. The lowest BCUT2D eigenvalue weighted by Gasteiger charge is -2.27. The van der Waals surface area contributed by atoms with E-state index in [9.17, 15) is 5.11 Å². The zero-order valence-corrected chi connectivity index (χ0v) is 12.4. The Balaban J connectivity index is 3.97. The molecule has 0 amide bonds. The first kappa shape index (κ1) is 16.6. The summed E-state index contributed by atoms with van der Waals surface area (Å²) in [5.41, 5.74) is -0.0779. The zero-order chi connectivity index (χ0) is 13.7. The summed E-state index contributed by atoms with van der Waals surface area (Å²) >= 11 is 0. The predicted molar refractivity (Wildman–Crippen MR) is 73.4 cm³/mol. The fourth-order valence-corrected chi connectivity index (χ4v) is 1.15. The normalized spacial score (nSPS) is 15.8. The molecular weight excluding hydrogens is 214 g/mol. The second-order valence-corrected chi connectivity index (χ2v) is 6.58. The SMILES string of the molecule is CC(C)C(C)(C)CC=NCC(O)OC(C)(C)C. The van der Waals surface area contributed by atoms with Crippen LogP contribution in [0.25, 0.3) is 0 Å². The lowest BCUT2D eigenvalue weighted by atomic mass is 9.79. The third-order valence-corrected chi connectivity index (χ3v) is 3.06. The van der Waals surface area contributed by atoms with Gasteiger partial charge in [0.1, 0.15) is 0 Å². The van der Waals surface area contributed by atoms with Crippen LogP contribution in [0.3, 0.4) is 0 Å². The topological polar surface area (TPSA) is 41.8 Å². The molecule has 0 saturated carbocycles. The highest BCUT2D eigenvalue weighted by atomic mass is 16.6. The molecule has 0 spiro atoms. The first-order chi connectivity index (χ1) is 7.54. The summed E-state index contributed by atoms with van der Waals surface area (Å²) in [7, 11) is 0. The fraction of sp³-hybridized carbons (Fsp3) is 0.929. The van der Waals surface area contributed by atoms with Crippen LogP contribution in [0.1, 0.15) is 54.9 Å². The van der Waals surface area contributed by atoms with Crippen molar-refractivity contribution >= 4 is 6.21 Å². The predicted octanol–water partition coefficient (Wildman–Crippen LogP) is 3.26. The molecule has 0 aliphatic carbocycles. The maximum atomic E-state index is 9.59. The van der Waals surface area contributed by atoms with E-state index >= 15 is 0 Å². The summed E-state index contributed by atoms with van der Waals surface area (Å²) in [5, 5.41) is 9.59. The quantitative estimate of drug-likeness (QED) is 0.574. The number of ether oxygens (including phenoxy) is 1. The summed E-state index contributed by atoms with van der Waals surface area (Å²) in [6, 6.07) is 0. The monoisotopic (exact) mass is 243 g/mol. The maximum absolute atomic E-state index is 9.59. The van der Waals surface area contributed by atoms with Gasteiger partial charge >= 0.3 is 0 Å². The molecule has 0 aromatic heterocycles. The lowest BCUT2D eigenvalue weighted by Crippen LogP contribution is -2.29. The fourth-order valence-electron chi connectivity index (χ4n) is 1.15. The van der Waals surface area contributed by atoms with Crippen molar-refractivity contribution in [1.29, 1.82) is 0 Å². The van der Waals surface area contributed by atoms with Gasteiger partial charge in [0, 0.05) is 0 Å². The molecule has 0 rings (SSSR count). The van der Waals surface area contributed by atoms with Crippen molar-refractivity contribution in [3.05, 3.63) is 0 Å². The van der Waals surface area contributed by atoms with Crippen LogP contribution in [0.15, 0.2) is 4.99 Å². The van der Waals surface area contributed by atoms with E-state index in [0.717, 1.165) is 6.42 Å². The second kappa shape index (κ2) is 6.50. The van der Waals surface area contributed by atoms with Crippen LogP contribution in [0, 0.1) is 11.3 Å². The number of aliphatic hydroxyl groups is 1. The van der Waals surface area contributed by atoms with Crippen molar-refractivity contribution in [2.45, 2.75) is 66.8 Å².